The van der Waals surface area contributed by atoms with Gasteiger partial charge in [-0.3, -0.25) is 0 Å². The molecule has 3 rings (SSSR count). The summed E-state index contributed by atoms with van der Waals surface area (Å²) in [7, 11) is 0. The highest BCUT2D eigenvalue weighted by molar-refractivity contribution is 6.32. The smallest absolute Gasteiger partial charge is 0.0986 e. The van der Waals surface area contributed by atoms with Gasteiger partial charge in [-0.25, -0.2) is 0 Å². The highest BCUT2D eigenvalue weighted by Crippen LogP contribution is 2.33. The predicted octanol–water partition coefficient (Wildman–Crippen LogP) is 5.35. The maximum atomic E-state index is 9.71. The van der Waals surface area contributed by atoms with E-state index in [2.05, 4.69) is 5.16 Å². The summed E-state index contributed by atoms with van der Waals surface area (Å²) in [6, 6.07) is 27.2. The van der Waals surface area contributed by atoms with E-state index < -0.39 is 0 Å². The first kappa shape index (κ1) is 15.3. The molecule has 0 saturated carbocycles. The molecule has 0 amide bonds. The molecule has 2 nitrogen and oxygen atoms in total. The van der Waals surface area contributed by atoms with Gasteiger partial charge in [-0.1, -0.05) is 95.6 Å². The first-order valence-electron chi connectivity index (χ1n) is 7.38. The second-order valence-electron chi connectivity index (χ2n) is 5.22. The van der Waals surface area contributed by atoms with E-state index in [4.69, 9.17) is 11.6 Å². The van der Waals surface area contributed by atoms with Gasteiger partial charge in [0.05, 0.1) is 11.6 Å². The van der Waals surface area contributed by atoms with E-state index in [1.165, 1.54) is 0 Å². The lowest BCUT2D eigenvalue weighted by Gasteiger charge is -2.20. The van der Waals surface area contributed by atoms with Crippen molar-refractivity contribution in [2.45, 2.75) is 5.92 Å². The third-order valence-corrected chi connectivity index (χ3v) is 4.14. The summed E-state index contributed by atoms with van der Waals surface area (Å²) in [4.78, 5) is 0. The second kappa shape index (κ2) is 7.12. The van der Waals surface area contributed by atoms with E-state index in [-0.39, 0.29) is 5.92 Å². The number of hydrogen-bond donors (Lipinski definition) is 1. The molecule has 0 saturated heterocycles. The zero-order chi connectivity index (χ0) is 16.1. The van der Waals surface area contributed by atoms with Crippen LogP contribution in [0, 0.1) is 0 Å². The minimum atomic E-state index is -0.239. The van der Waals surface area contributed by atoms with Gasteiger partial charge >= 0.3 is 0 Å². The number of halogens is 1. The predicted molar refractivity (Wildman–Crippen MR) is 94.5 cm³/mol. The lowest BCUT2D eigenvalue weighted by Crippen LogP contribution is -2.16. The summed E-state index contributed by atoms with van der Waals surface area (Å²) in [5, 5.41) is 14.0. The number of benzene rings is 3. The lowest BCUT2D eigenvalue weighted by molar-refractivity contribution is 0.317. The molecule has 0 radical (unpaired) electrons. The van der Waals surface area contributed by atoms with Crippen LogP contribution >= 0.6 is 11.6 Å². The van der Waals surface area contributed by atoms with Crippen molar-refractivity contribution in [3.8, 4) is 0 Å². The summed E-state index contributed by atoms with van der Waals surface area (Å²) in [5.41, 5.74) is 3.38. The molecule has 0 aromatic heterocycles. The van der Waals surface area contributed by atoms with Crippen LogP contribution in [0.2, 0.25) is 5.02 Å². The van der Waals surface area contributed by atoms with Crippen molar-refractivity contribution < 1.29 is 5.21 Å². The highest BCUT2D eigenvalue weighted by atomic mass is 35.5. The summed E-state index contributed by atoms with van der Waals surface area (Å²) in [6.45, 7) is 0. The Kier molecular flexibility index (Phi) is 4.74. The van der Waals surface area contributed by atoms with E-state index in [0.717, 1.165) is 16.7 Å². The Bertz CT molecular complexity index is 800. The SMILES string of the molecule is ON=C(c1ccccc1)C(c1ccccc1)c1ccccc1Cl. The molecule has 0 bridgehead atoms. The molecule has 3 aromatic carbocycles. The van der Waals surface area contributed by atoms with E-state index in [9.17, 15) is 5.21 Å². The first-order valence-corrected chi connectivity index (χ1v) is 7.76. The zero-order valence-corrected chi connectivity index (χ0v) is 13.2. The fourth-order valence-corrected chi connectivity index (χ4v) is 2.98. The summed E-state index contributed by atoms with van der Waals surface area (Å²) in [5.74, 6) is -0.239. The number of oxime groups is 1. The molecule has 0 heterocycles. The molecule has 0 aliphatic carbocycles. The Morgan fingerprint density at radius 2 is 1.35 bits per heavy atom. The van der Waals surface area contributed by atoms with Crippen molar-refractivity contribution in [1.82, 2.24) is 0 Å². The average Bonchev–Trinajstić information content (AvgIpc) is 2.62. The van der Waals surface area contributed by atoms with Crippen molar-refractivity contribution in [2.24, 2.45) is 5.16 Å². The van der Waals surface area contributed by atoms with Crippen LogP contribution in [0.3, 0.4) is 0 Å². The third-order valence-electron chi connectivity index (χ3n) is 3.80. The quantitative estimate of drug-likeness (QED) is 0.392. The zero-order valence-electron chi connectivity index (χ0n) is 12.4. The van der Waals surface area contributed by atoms with Crippen molar-refractivity contribution in [1.29, 1.82) is 0 Å². The van der Waals surface area contributed by atoms with Crippen LogP contribution < -0.4 is 0 Å². The maximum Gasteiger partial charge on any atom is 0.0986 e. The Morgan fingerprint density at radius 3 is 1.96 bits per heavy atom. The van der Waals surface area contributed by atoms with Crippen LogP contribution in [0.5, 0.6) is 0 Å². The highest BCUT2D eigenvalue weighted by Gasteiger charge is 2.24. The molecule has 3 aromatic rings. The molecule has 114 valence electrons. The van der Waals surface area contributed by atoms with Gasteiger partial charge < -0.3 is 5.21 Å². The number of hydrogen-bond acceptors (Lipinski definition) is 2. The van der Waals surface area contributed by atoms with Crippen LogP contribution in [0.1, 0.15) is 22.6 Å². The summed E-state index contributed by atoms with van der Waals surface area (Å²) in [6.07, 6.45) is 0. The normalized spacial score (nSPS) is 12.8. The van der Waals surface area contributed by atoms with Crippen LogP contribution in [0.25, 0.3) is 0 Å². The fraction of sp³-hybridized carbons (Fsp3) is 0.0500. The Hall–Kier alpha value is -2.58. The van der Waals surface area contributed by atoms with E-state index >= 15 is 0 Å². The molecule has 0 aliphatic heterocycles. The van der Waals surface area contributed by atoms with Gasteiger partial charge in [-0.2, -0.15) is 0 Å². The van der Waals surface area contributed by atoms with Gasteiger partial charge in [-0.05, 0) is 17.2 Å². The molecule has 1 atom stereocenters. The van der Waals surface area contributed by atoms with Crippen LogP contribution in [0.15, 0.2) is 90.1 Å². The van der Waals surface area contributed by atoms with E-state index in [0.29, 0.717) is 10.7 Å². The molecule has 0 fully saturated rings. The van der Waals surface area contributed by atoms with E-state index in [1.54, 1.807) is 0 Å². The van der Waals surface area contributed by atoms with Gasteiger partial charge in [0, 0.05) is 10.6 Å². The van der Waals surface area contributed by atoms with Crippen molar-refractivity contribution in [2.75, 3.05) is 0 Å². The molecule has 3 heteroatoms. The lowest BCUT2D eigenvalue weighted by atomic mass is 9.84. The Morgan fingerprint density at radius 1 is 0.783 bits per heavy atom. The van der Waals surface area contributed by atoms with Crippen molar-refractivity contribution >= 4 is 17.3 Å². The molecule has 1 N–H and O–H groups in total. The van der Waals surface area contributed by atoms with Crippen LogP contribution in [-0.2, 0) is 0 Å². The maximum absolute atomic E-state index is 9.71. The Balaban J connectivity index is 2.18. The molecule has 23 heavy (non-hydrogen) atoms. The minimum absolute atomic E-state index is 0.239. The minimum Gasteiger partial charge on any atom is -0.411 e. The second-order valence-corrected chi connectivity index (χ2v) is 5.62. The van der Waals surface area contributed by atoms with Gasteiger partial charge in [0.2, 0.25) is 0 Å². The Labute approximate surface area is 140 Å². The standard InChI is InChI=1S/C20H16ClNO/c21-18-14-8-7-13-17(18)19(15-9-3-1-4-10-15)20(22-23)16-11-5-2-6-12-16/h1-14,19,23H. The van der Waals surface area contributed by atoms with Gasteiger partial charge in [0.15, 0.2) is 0 Å². The average molecular weight is 322 g/mol. The van der Waals surface area contributed by atoms with Crippen molar-refractivity contribution in [3.63, 3.8) is 0 Å². The van der Waals surface area contributed by atoms with E-state index in [1.807, 2.05) is 84.9 Å². The molecular weight excluding hydrogens is 306 g/mol. The monoisotopic (exact) mass is 321 g/mol. The van der Waals surface area contributed by atoms with Crippen LogP contribution in [0.4, 0.5) is 0 Å². The summed E-state index contributed by atoms with van der Waals surface area (Å²) >= 11 is 6.42. The van der Waals surface area contributed by atoms with Gasteiger partial charge in [-0.15, -0.1) is 0 Å². The summed E-state index contributed by atoms with van der Waals surface area (Å²) < 4.78 is 0. The number of rotatable bonds is 4. The number of nitrogens with zero attached hydrogens (tertiary/aromatic N) is 1. The molecular formula is C20H16ClNO. The molecule has 1 unspecified atom stereocenters. The first-order chi connectivity index (χ1) is 11.3. The fourth-order valence-electron chi connectivity index (χ4n) is 2.73. The van der Waals surface area contributed by atoms with Crippen LogP contribution in [-0.4, -0.2) is 10.9 Å². The van der Waals surface area contributed by atoms with Gasteiger partial charge in [0.25, 0.3) is 0 Å². The largest absolute Gasteiger partial charge is 0.411 e. The third kappa shape index (κ3) is 3.27. The molecule has 0 spiro atoms. The van der Waals surface area contributed by atoms with Crippen molar-refractivity contribution in [3.05, 3.63) is 107 Å². The topological polar surface area (TPSA) is 32.6 Å². The van der Waals surface area contributed by atoms with Gasteiger partial charge in [0.1, 0.15) is 0 Å². The molecule has 0 aliphatic rings.